The third kappa shape index (κ3) is 4.00. The van der Waals surface area contributed by atoms with E-state index in [0.29, 0.717) is 36.0 Å². The molecule has 5 atom stereocenters. The van der Waals surface area contributed by atoms with Gasteiger partial charge < -0.3 is 15.3 Å². The Morgan fingerprint density at radius 1 is 1.04 bits per heavy atom. The first-order valence-electron chi connectivity index (χ1n) is 11.6. The molecule has 4 aliphatic carbocycles. The predicted molar refractivity (Wildman–Crippen MR) is 113 cm³/mol. The van der Waals surface area contributed by atoms with Crippen LogP contribution in [0.15, 0.2) is 23.3 Å². The fourth-order valence-electron chi connectivity index (χ4n) is 7.45. The van der Waals surface area contributed by atoms with Crippen LogP contribution in [0.3, 0.4) is 0 Å². The van der Waals surface area contributed by atoms with Gasteiger partial charge in [-0.05, 0) is 107 Å². The van der Waals surface area contributed by atoms with E-state index in [4.69, 9.17) is 0 Å². The second-order valence-electron chi connectivity index (χ2n) is 11.4. The summed E-state index contributed by atoms with van der Waals surface area (Å²) in [5.74, 6) is 1.41. The Morgan fingerprint density at radius 3 is 2.32 bits per heavy atom. The summed E-state index contributed by atoms with van der Waals surface area (Å²) in [5.41, 5.74) is 2.97. The number of aliphatic hydroxyl groups excluding tert-OH is 2. The molecule has 3 heteroatoms. The minimum absolute atomic E-state index is 0.371. The van der Waals surface area contributed by atoms with Crippen LogP contribution >= 0.6 is 0 Å². The molecule has 3 nitrogen and oxygen atoms in total. The highest BCUT2D eigenvalue weighted by atomic mass is 16.3. The molecule has 4 fully saturated rings. The molecule has 3 unspecified atom stereocenters. The average Bonchev–Trinajstić information content (AvgIpc) is 3.22. The first kappa shape index (κ1) is 20.6. The number of rotatable bonds is 4. The Bertz CT molecular complexity index is 639. The van der Waals surface area contributed by atoms with Crippen molar-refractivity contribution in [3.8, 4) is 0 Å². The molecule has 0 radical (unpaired) electrons. The van der Waals surface area contributed by atoms with Gasteiger partial charge in [0.2, 0.25) is 0 Å². The number of aliphatic hydroxyl groups is 3. The van der Waals surface area contributed by atoms with Crippen LogP contribution in [0, 0.1) is 22.7 Å². The van der Waals surface area contributed by atoms with Crippen molar-refractivity contribution in [1.82, 2.24) is 0 Å². The second kappa shape index (κ2) is 7.25. The lowest BCUT2D eigenvalue weighted by Crippen LogP contribution is -2.39. The van der Waals surface area contributed by atoms with E-state index in [1.54, 1.807) is 5.57 Å². The van der Waals surface area contributed by atoms with E-state index in [-0.39, 0.29) is 0 Å². The Balaban J connectivity index is 1.53. The quantitative estimate of drug-likeness (QED) is 0.642. The molecule has 0 saturated heterocycles. The Morgan fingerprint density at radius 2 is 1.71 bits per heavy atom. The van der Waals surface area contributed by atoms with Gasteiger partial charge in [0.1, 0.15) is 0 Å². The van der Waals surface area contributed by atoms with Gasteiger partial charge in [0.05, 0.1) is 17.8 Å². The SMILES string of the molecule is CC(C)(O)CC1(C2CCC3/C(=C/C=C4/CC(O)C[C@H](O)C4)CCC[C@@]32C)CC1. The first-order valence-corrected chi connectivity index (χ1v) is 11.6. The van der Waals surface area contributed by atoms with E-state index in [1.165, 1.54) is 50.5 Å². The molecule has 4 saturated carbocycles. The van der Waals surface area contributed by atoms with Gasteiger partial charge in [-0.3, -0.25) is 0 Å². The topological polar surface area (TPSA) is 60.7 Å². The number of hydrogen-bond donors (Lipinski definition) is 3. The summed E-state index contributed by atoms with van der Waals surface area (Å²) >= 11 is 0. The molecule has 0 aromatic rings. The van der Waals surface area contributed by atoms with E-state index in [2.05, 4.69) is 19.1 Å². The smallest absolute Gasteiger partial charge is 0.0602 e. The van der Waals surface area contributed by atoms with Crippen molar-refractivity contribution in [3.05, 3.63) is 23.3 Å². The van der Waals surface area contributed by atoms with Crippen molar-refractivity contribution in [3.63, 3.8) is 0 Å². The summed E-state index contributed by atoms with van der Waals surface area (Å²) in [6.45, 7) is 6.49. The van der Waals surface area contributed by atoms with Gasteiger partial charge in [0.15, 0.2) is 0 Å². The van der Waals surface area contributed by atoms with Crippen LogP contribution in [0.2, 0.25) is 0 Å². The van der Waals surface area contributed by atoms with Gasteiger partial charge in [-0.15, -0.1) is 0 Å². The summed E-state index contributed by atoms with van der Waals surface area (Å²) in [7, 11) is 0. The Labute approximate surface area is 170 Å². The maximum absolute atomic E-state index is 10.5. The van der Waals surface area contributed by atoms with E-state index in [0.717, 1.165) is 12.3 Å². The number of hydrogen-bond acceptors (Lipinski definition) is 3. The van der Waals surface area contributed by atoms with Crippen molar-refractivity contribution in [2.24, 2.45) is 22.7 Å². The molecule has 0 bridgehead atoms. The highest BCUT2D eigenvalue weighted by Crippen LogP contribution is 2.70. The largest absolute Gasteiger partial charge is 0.393 e. The Hall–Kier alpha value is -0.640. The maximum atomic E-state index is 10.5. The summed E-state index contributed by atoms with van der Waals surface area (Å²) in [5, 5.41) is 30.4. The minimum atomic E-state index is -0.564. The first-order chi connectivity index (χ1) is 13.1. The zero-order valence-electron chi connectivity index (χ0n) is 18.1. The zero-order valence-corrected chi connectivity index (χ0v) is 18.1. The third-order valence-electron chi connectivity index (χ3n) is 8.45. The van der Waals surface area contributed by atoms with Crippen molar-refractivity contribution in [2.45, 2.75) is 109 Å². The lowest BCUT2D eigenvalue weighted by atomic mass is 9.59. The molecule has 0 heterocycles. The van der Waals surface area contributed by atoms with E-state index < -0.39 is 17.8 Å². The molecule has 0 aromatic carbocycles. The monoisotopic (exact) mass is 388 g/mol. The number of allylic oxidation sites excluding steroid dienone is 3. The molecule has 0 amide bonds. The summed E-state index contributed by atoms with van der Waals surface area (Å²) < 4.78 is 0. The standard InChI is InChI=1S/C25H40O3/c1-23(2,28)16-25(11-12-25)22-9-8-21-18(5-4-10-24(21,22)3)7-6-17-13-19(26)15-20(27)14-17/h6-7,19-22,26-28H,4-5,8-16H2,1-3H3/b17-6-,18-7+/t19?,20-,21?,22?,24+/m1/s1. The zero-order chi connectivity index (χ0) is 20.2. The summed E-state index contributed by atoms with van der Waals surface area (Å²) in [4.78, 5) is 0. The van der Waals surface area contributed by atoms with Gasteiger partial charge in [-0.25, -0.2) is 0 Å². The molecule has 28 heavy (non-hydrogen) atoms. The van der Waals surface area contributed by atoms with E-state index in [9.17, 15) is 15.3 Å². The highest BCUT2D eigenvalue weighted by Gasteiger charge is 2.61. The number of fused-ring (bicyclic) bond motifs is 1. The molecular weight excluding hydrogens is 348 g/mol. The van der Waals surface area contributed by atoms with Crippen molar-refractivity contribution in [1.29, 1.82) is 0 Å². The van der Waals surface area contributed by atoms with Crippen LogP contribution in [-0.2, 0) is 0 Å². The van der Waals surface area contributed by atoms with Crippen LogP contribution in [0.5, 0.6) is 0 Å². The minimum Gasteiger partial charge on any atom is -0.393 e. The second-order valence-corrected chi connectivity index (χ2v) is 11.4. The van der Waals surface area contributed by atoms with Crippen LogP contribution in [-0.4, -0.2) is 33.1 Å². The third-order valence-corrected chi connectivity index (χ3v) is 8.45. The summed E-state index contributed by atoms with van der Waals surface area (Å²) in [6.07, 6.45) is 15.6. The molecular formula is C25H40O3. The van der Waals surface area contributed by atoms with E-state index in [1.807, 2.05) is 13.8 Å². The predicted octanol–water partition coefficient (Wildman–Crippen LogP) is 4.90. The van der Waals surface area contributed by atoms with Crippen LogP contribution in [0.1, 0.15) is 91.4 Å². The lowest BCUT2D eigenvalue weighted by molar-refractivity contribution is 0.00303. The molecule has 4 rings (SSSR count). The van der Waals surface area contributed by atoms with Crippen molar-refractivity contribution >= 4 is 0 Å². The molecule has 4 aliphatic rings. The maximum Gasteiger partial charge on any atom is 0.0602 e. The van der Waals surface area contributed by atoms with E-state index >= 15 is 0 Å². The van der Waals surface area contributed by atoms with Gasteiger partial charge in [-0.2, -0.15) is 0 Å². The Kier molecular flexibility index (Phi) is 5.34. The lowest BCUT2D eigenvalue weighted by Gasteiger charge is -2.46. The van der Waals surface area contributed by atoms with Crippen molar-refractivity contribution in [2.75, 3.05) is 0 Å². The average molecular weight is 389 g/mol. The van der Waals surface area contributed by atoms with Gasteiger partial charge in [-0.1, -0.05) is 30.2 Å². The summed E-state index contributed by atoms with van der Waals surface area (Å²) in [6, 6.07) is 0. The molecule has 0 spiro atoms. The van der Waals surface area contributed by atoms with Gasteiger partial charge >= 0.3 is 0 Å². The molecule has 3 N–H and O–H groups in total. The van der Waals surface area contributed by atoms with Gasteiger partial charge in [0, 0.05) is 0 Å². The normalized spacial score (nSPS) is 43.4. The molecule has 158 valence electrons. The van der Waals surface area contributed by atoms with Gasteiger partial charge in [0.25, 0.3) is 0 Å². The van der Waals surface area contributed by atoms with Crippen LogP contribution in [0.25, 0.3) is 0 Å². The van der Waals surface area contributed by atoms with Crippen LogP contribution in [0.4, 0.5) is 0 Å². The van der Waals surface area contributed by atoms with Crippen molar-refractivity contribution < 1.29 is 15.3 Å². The highest BCUT2D eigenvalue weighted by molar-refractivity contribution is 5.27. The molecule has 0 aromatic heterocycles. The fourth-order valence-corrected chi connectivity index (χ4v) is 7.45. The molecule has 0 aliphatic heterocycles. The van der Waals surface area contributed by atoms with Crippen LogP contribution < -0.4 is 0 Å². The fraction of sp³-hybridized carbons (Fsp3) is 0.840.